The van der Waals surface area contributed by atoms with E-state index in [4.69, 9.17) is 9.47 Å². The van der Waals surface area contributed by atoms with Gasteiger partial charge in [-0.15, -0.1) is 0 Å². The van der Waals surface area contributed by atoms with Gasteiger partial charge >= 0.3 is 6.16 Å². The van der Waals surface area contributed by atoms with Crippen molar-refractivity contribution in [1.82, 2.24) is 5.32 Å². The molecule has 0 saturated carbocycles. The lowest BCUT2D eigenvalue weighted by molar-refractivity contribution is -0.117. The highest BCUT2D eigenvalue weighted by molar-refractivity contribution is 5.87. The topological polar surface area (TPSA) is 64.6 Å². The van der Waals surface area contributed by atoms with E-state index < -0.39 is 11.8 Å². The van der Waals surface area contributed by atoms with Gasteiger partial charge in [0.15, 0.2) is 11.4 Å². The summed E-state index contributed by atoms with van der Waals surface area (Å²) >= 11 is 0. The third kappa shape index (κ3) is 3.62. The second-order valence-electron chi connectivity index (χ2n) is 4.38. The lowest BCUT2D eigenvalue weighted by Crippen LogP contribution is -2.30. The quantitative estimate of drug-likeness (QED) is 0.601. The normalized spacial score (nSPS) is 21.6. The smallest absolute Gasteiger partial charge is 0.420 e. The van der Waals surface area contributed by atoms with E-state index in [1.807, 2.05) is 6.92 Å². The van der Waals surface area contributed by atoms with Gasteiger partial charge in [0.1, 0.15) is 0 Å². The number of hydrogen-bond acceptors (Lipinski definition) is 4. The Morgan fingerprint density at radius 2 is 2.24 bits per heavy atom. The fourth-order valence-electron chi connectivity index (χ4n) is 1.42. The van der Waals surface area contributed by atoms with Crippen LogP contribution in [-0.2, 0) is 14.3 Å². The molecule has 0 radical (unpaired) electrons. The summed E-state index contributed by atoms with van der Waals surface area (Å²) in [5, 5.41) is 2.71. The molecule has 0 aromatic carbocycles. The summed E-state index contributed by atoms with van der Waals surface area (Å²) < 4.78 is 9.89. The molecule has 0 aromatic rings. The Morgan fingerprint density at radius 3 is 2.71 bits per heavy atom. The summed E-state index contributed by atoms with van der Waals surface area (Å²) in [6.45, 7) is 8.71. The van der Waals surface area contributed by atoms with E-state index in [0.717, 1.165) is 0 Å². The number of carbonyl (C=O) groups is 2. The summed E-state index contributed by atoms with van der Waals surface area (Å²) in [4.78, 5) is 22.0. The standard InChI is InChI=1S/C12H17NO4/c1-5-10(14)13-8(2)6-7-9-12(3,4)17-11(15)16-9/h5,7-8H,1,6H2,2-4H3,(H,13,14). The van der Waals surface area contributed by atoms with Gasteiger partial charge in [-0.25, -0.2) is 4.79 Å². The summed E-state index contributed by atoms with van der Waals surface area (Å²) in [6, 6.07) is -0.0666. The molecule has 1 saturated heterocycles. The highest BCUT2D eigenvalue weighted by Crippen LogP contribution is 2.30. The number of amides is 1. The van der Waals surface area contributed by atoms with Gasteiger partial charge in [0.25, 0.3) is 0 Å². The van der Waals surface area contributed by atoms with Crippen LogP contribution in [0.4, 0.5) is 4.79 Å². The van der Waals surface area contributed by atoms with Crippen LogP contribution in [0.5, 0.6) is 0 Å². The van der Waals surface area contributed by atoms with Crippen molar-refractivity contribution in [2.24, 2.45) is 0 Å². The number of hydrogen-bond donors (Lipinski definition) is 1. The zero-order chi connectivity index (χ0) is 13.1. The third-order valence-electron chi connectivity index (χ3n) is 2.36. The zero-order valence-electron chi connectivity index (χ0n) is 10.3. The van der Waals surface area contributed by atoms with Crippen LogP contribution in [0.3, 0.4) is 0 Å². The SMILES string of the molecule is C=CC(=O)NC(C)CC=C1OC(=O)OC1(C)C. The molecule has 0 aromatic heterocycles. The molecule has 1 aliphatic rings. The summed E-state index contributed by atoms with van der Waals surface area (Å²) in [5.41, 5.74) is -0.737. The molecule has 1 heterocycles. The van der Waals surface area contributed by atoms with Crippen LogP contribution in [0.25, 0.3) is 0 Å². The number of rotatable bonds is 4. The number of ether oxygens (including phenoxy) is 2. The Hall–Kier alpha value is -1.78. The highest BCUT2D eigenvalue weighted by Gasteiger charge is 2.38. The Bertz CT molecular complexity index is 371. The average Bonchev–Trinajstić information content (AvgIpc) is 2.48. The van der Waals surface area contributed by atoms with E-state index in [-0.39, 0.29) is 11.9 Å². The minimum absolute atomic E-state index is 0.0666. The maximum absolute atomic E-state index is 11.0. The summed E-state index contributed by atoms with van der Waals surface area (Å²) in [5.74, 6) is 0.247. The van der Waals surface area contributed by atoms with E-state index in [1.54, 1.807) is 19.9 Å². The molecular formula is C12H17NO4. The fraction of sp³-hybridized carbons (Fsp3) is 0.500. The first-order valence-electron chi connectivity index (χ1n) is 5.39. The second-order valence-corrected chi connectivity index (χ2v) is 4.38. The minimum Gasteiger partial charge on any atom is -0.420 e. The van der Waals surface area contributed by atoms with Crippen LogP contribution >= 0.6 is 0 Å². The molecule has 1 N–H and O–H groups in total. The van der Waals surface area contributed by atoms with Gasteiger partial charge in [-0.05, 0) is 39.3 Å². The molecule has 17 heavy (non-hydrogen) atoms. The first kappa shape index (κ1) is 13.3. The molecule has 0 spiro atoms. The largest absolute Gasteiger partial charge is 0.514 e. The van der Waals surface area contributed by atoms with E-state index in [1.165, 1.54) is 6.08 Å². The molecule has 5 nitrogen and oxygen atoms in total. The Balaban J connectivity index is 2.56. The molecule has 0 aliphatic carbocycles. The number of nitrogens with one attached hydrogen (secondary N) is 1. The molecule has 1 aliphatic heterocycles. The molecular weight excluding hydrogens is 222 g/mol. The second kappa shape index (κ2) is 5.03. The molecule has 5 heteroatoms. The van der Waals surface area contributed by atoms with Crippen molar-refractivity contribution in [1.29, 1.82) is 0 Å². The van der Waals surface area contributed by atoms with Gasteiger partial charge in [0.2, 0.25) is 5.91 Å². The predicted molar refractivity (Wildman–Crippen MR) is 62.1 cm³/mol. The van der Waals surface area contributed by atoms with Crippen molar-refractivity contribution in [3.05, 3.63) is 24.5 Å². The van der Waals surface area contributed by atoms with Crippen molar-refractivity contribution in [2.45, 2.75) is 38.8 Å². The molecule has 0 bridgehead atoms. The first-order valence-corrected chi connectivity index (χ1v) is 5.39. The van der Waals surface area contributed by atoms with Crippen LogP contribution in [-0.4, -0.2) is 23.7 Å². The average molecular weight is 239 g/mol. The predicted octanol–water partition coefficient (Wildman–Crippen LogP) is 1.90. The van der Waals surface area contributed by atoms with E-state index >= 15 is 0 Å². The highest BCUT2D eigenvalue weighted by atomic mass is 16.8. The van der Waals surface area contributed by atoms with Crippen LogP contribution in [0.1, 0.15) is 27.2 Å². The summed E-state index contributed by atoms with van der Waals surface area (Å²) in [6.07, 6.45) is 2.82. The maximum atomic E-state index is 11.0. The molecule has 1 rings (SSSR count). The van der Waals surface area contributed by atoms with Crippen LogP contribution in [0, 0.1) is 0 Å². The van der Waals surface area contributed by atoms with Gasteiger partial charge < -0.3 is 14.8 Å². The number of carbonyl (C=O) groups excluding carboxylic acids is 2. The van der Waals surface area contributed by atoms with Crippen molar-refractivity contribution < 1.29 is 19.1 Å². The molecule has 1 amide bonds. The van der Waals surface area contributed by atoms with Crippen LogP contribution in [0.2, 0.25) is 0 Å². The zero-order valence-corrected chi connectivity index (χ0v) is 10.3. The number of cyclic esters (lactones) is 2. The van der Waals surface area contributed by atoms with Crippen LogP contribution in [0.15, 0.2) is 24.5 Å². The van der Waals surface area contributed by atoms with E-state index in [9.17, 15) is 9.59 Å². The van der Waals surface area contributed by atoms with E-state index in [2.05, 4.69) is 11.9 Å². The lowest BCUT2D eigenvalue weighted by atomic mass is 10.1. The third-order valence-corrected chi connectivity index (χ3v) is 2.36. The van der Waals surface area contributed by atoms with Gasteiger partial charge in [-0.2, -0.15) is 0 Å². The lowest BCUT2D eigenvalue weighted by Gasteiger charge is -2.15. The van der Waals surface area contributed by atoms with Crippen molar-refractivity contribution in [3.8, 4) is 0 Å². The van der Waals surface area contributed by atoms with Gasteiger partial charge in [-0.3, -0.25) is 4.79 Å². The fourth-order valence-corrected chi connectivity index (χ4v) is 1.42. The van der Waals surface area contributed by atoms with Gasteiger partial charge in [0.05, 0.1) is 0 Å². The Labute approximate surface area is 100 Å². The van der Waals surface area contributed by atoms with Crippen molar-refractivity contribution >= 4 is 12.1 Å². The monoisotopic (exact) mass is 239 g/mol. The minimum atomic E-state index is -0.737. The molecule has 1 fully saturated rings. The molecule has 1 unspecified atom stereocenters. The van der Waals surface area contributed by atoms with Gasteiger partial charge in [0, 0.05) is 6.04 Å². The van der Waals surface area contributed by atoms with Crippen molar-refractivity contribution in [3.63, 3.8) is 0 Å². The molecule has 94 valence electrons. The Kier molecular flexibility index (Phi) is 3.93. The summed E-state index contributed by atoms with van der Waals surface area (Å²) in [7, 11) is 0. The van der Waals surface area contributed by atoms with Crippen molar-refractivity contribution in [2.75, 3.05) is 0 Å². The maximum Gasteiger partial charge on any atom is 0.514 e. The Morgan fingerprint density at radius 1 is 1.59 bits per heavy atom. The van der Waals surface area contributed by atoms with Crippen LogP contribution < -0.4 is 5.32 Å². The van der Waals surface area contributed by atoms with Gasteiger partial charge in [-0.1, -0.05) is 6.58 Å². The molecule has 1 atom stereocenters. The first-order chi connectivity index (χ1) is 7.85. The van der Waals surface area contributed by atoms with E-state index in [0.29, 0.717) is 12.2 Å².